The zero-order valence-corrected chi connectivity index (χ0v) is 10.8. The van der Waals surface area contributed by atoms with E-state index < -0.39 is 18.1 Å². The lowest BCUT2D eigenvalue weighted by molar-refractivity contribution is -0.139. The number of ether oxygens (including phenoxy) is 1. The fourth-order valence-electron chi connectivity index (χ4n) is 1.45. The van der Waals surface area contributed by atoms with E-state index in [0.717, 1.165) is 5.56 Å². The molecule has 0 spiro atoms. The van der Waals surface area contributed by atoms with Crippen molar-refractivity contribution in [1.82, 2.24) is 10.6 Å². The third kappa shape index (κ3) is 5.87. The fourth-order valence-corrected chi connectivity index (χ4v) is 1.45. The quantitative estimate of drug-likeness (QED) is 0.684. The van der Waals surface area contributed by atoms with E-state index in [1.54, 1.807) is 7.05 Å². The van der Waals surface area contributed by atoms with Crippen LogP contribution in [0.25, 0.3) is 0 Å². The summed E-state index contributed by atoms with van der Waals surface area (Å²) in [6, 6.07) is 8.23. The Balaban J connectivity index is 2.38. The Morgan fingerprint density at radius 3 is 2.58 bits per heavy atom. The Morgan fingerprint density at radius 1 is 1.32 bits per heavy atom. The van der Waals surface area contributed by atoms with Crippen molar-refractivity contribution < 1.29 is 19.4 Å². The van der Waals surface area contributed by atoms with Crippen molar-refractivity contribution in [3.63, 3.8) is 0 Å². The predicted molar refractivity (Wildman–Crippen MR) is 69.7 cm³/mol. The van der Waals surface area contributed by atoms with Crippen molar-refractivity contribution in [2.24, 2.45) is 0 Å². The van der Waals surface area contributed by atoms with Crippen LogP contribution in [-0.2, 0) is 16.1 Å². The number of carbonyl (C=O) groups is 2. The lowest BCUT2D eigenvalue weighted by atomic mass is 10.2. The summed E-state index contributed by atoms with van der Waals surface area (Å²) >= 11 is 0. The smallest absolute Gasteiger partial charge is 0.408 e. The number of benzene rings is 1. The minimum absolute atomic E-state index is 0.116. The third-order valence-corrected chi connectivity index (χ3v) is 2.49. The van der Waals surface area contributed by atoms with Gasteiger partial charge in [0.25, 0.3) is 0 Å². The van der Waals surface area contributed by atoms with Gasteiger partial charge >= 0.3 is 12.1 Å². The van der Waals surface area contributed by atoms with E-state index in [2.05, 4.69) is 10.6 Å². The standard InChI is InChI=1S/C13H18N2O4/c1-14-8-7-11(12(16)17)15-13(18)19-9-10-5-3-2-4-6-10/h2-6,11,14H,7-9H2,1H3,(H,15,18)(H,16,17). The molecular formula is C13H18N2O4. The second kappa shape index (κ2) is 8.10. The second-order valence-electron chi connectivity index (χ2n) is 3.99. The molecule has 0 fully saturated rings. The van der Waals surface area contributed by atoms with Crippen LogP contribution >= 0.6 is 0 Å². The van der Waals surface area contributed by atoms with Crippen LogP contribution in [0, 0.1) is 0 Å². The van der Waals surface area contributed by atoms with E-state index in [1.807, 2.05) is 30.3 Å². The maximum atomic E-state index is 11.5. The number of hydrogen-bond donors (Lipinski definition) is 3. The molecule has 0 saturated carbocycles. The summed E-state index contributed by atoms with van der Waals surface area (Å²) in [7, 11) is 1.71. The minimum atomic E-state index is -1.08. The van der Waals surface area contributed by atoms with Crippen LogP contribution in [0.4, 0.5) is 4.79 Å². The lowest BCUT2D eigenvalue weighted by Crippen LogP contribution is -2.42. The average molecular weight is 266 g/mol. The molecule has 6 heteroatoms. The minimum Gasteiger partial charge on any atom is -0.480 e. The van der Waals surface area contributed by atoms with Crippen molar-refractivity contribution in [1.29, 1.82) is 0 Å². The first-order valence-corrected chi connectivity index (χ1v) is 5.98. The van der Waals surface area contributed by atoms with Gasteiger partial charge in [0.15, 0.2) is 0 Å². The topological polar surface area (TPSA) is 87.7 Å². The Labute approximate surface area is 111 Å². The molecule has 1 atom stereocenters. The number of hydrogen-bond acceptors (Lipinski definition) is 4. The van der Waals surface area contributed by atoms with Crippen LogP contribution < -0.4 is 10.6 Å². The molecule has 1 aromatic carbocycles. The zero-order valence-electron chi connectivity index (χ0n) is 10.8. The Bertz CT molecular complexity index is 408. The van der Waals surface area contributed by atoms with Crippen molar-refractivity contribution in [2.45, 2.75) is 19.1 Å². The van der Waals surface area contributed by atoms with Crippen molar-refractivity contribution in [3.8, 4) is 0 Å². The zero-order chi connectivity index (χ0) is 14.1. The van der Waals surface area contributed by atoms with Gasteiger partial charge in [-0.2, -0.15) is 0 Å². The number of amides is 1. The van der Waals surface area contributed by atoms with E-state index in [9.17, 15) is 9.59 Å². The fraction of sp³-hybridized carbons (Fsp3) is 0.385. The van der Waals surface area contributed by atoms with Gasteiger partial charge < -0.3 is 20.5 Å². The third-order valence-electron chi connectivity index (χ3n) is 2.49. The van der Waals surface area contributed by atoms with Crippen LogP contribution in [0.5, 0.6) is 0 Å². The van der Waals surface area contributed by atoms with Crippen LogP contribution in [0.2, 0.25) is 0 Å². The predicted octanol–water partition coefficient (Wildman–Crippen LogP) is 0.975. The summed E-state index contributed by atoms with van der Waals surface area (Å²) in [6.45, 7) is 0.612. The number of aliphatic carboxylic acids is 1. The van der Waals surface area contributed by atoms with Gasteiger partial charge in [0.05, 0.1) is 0 Å². The van der Waals surface area contributed by atoms with Crippen LogP contribution in [-0.4, -0.2) is 36.8 Å². The molecule has 1 rings (SSSR count). The molecule has 1 aromatic rings. The van der Waals surface area contributed by atoms with Gasteiger partial charge in [-0.15, -0.1) is 0 Å². The number of nitrogens with one attached hydrogen (secondary N) is 2. The Kier molecular flexibility index (Phi) is 6.38. The summed E-state index contributed by atoms with van der Waals surface area (Å²) in [5.41, 5.74) is 0.847. The first-order chi connectivity index (χ1) is 9.13. The highest BCUT2D eigenvalue weighted by Gasteiger charge is 2.19. The van der Waals surface area contributed by atoms with E-state index >= 15 is 0 Å². The summed E-state index contributed by atoms with van der Waals surface area (Å²) in [5, 5.41) is 14.1. The van der Waals surface area contributed by atoms with Gasteiger partial charge in [0, 0.05) is 0 Å². The first kappa shape index (κ1) is 15.0. The summed E-state index contributed by atoms with van der Waals surface area (Å²) in [6.07, 6.45) is -0.431. The van der Waals surface area contributed by atoms with E-state index in [1.165, 1.54) is 0 Å². The van der Waals surface area contributed by atoms with Crippen molar-refractivity contribution in [3.05, 3.63) is 35.9 Å². The molecule has 104 valence electrons. The van der Waals surface area contributed by atoms with Crippen molar-refractivity contribution >= 4 is 12.1 Å². The monoisotopic (exact) mass is 266 g/mol. The molecule has 1 amide bonds. The Morgan fingerprint density at radius 2 is 2.00 bits per heavy atom. The van der Waals surface area contributed by atoms with Crippen LogP contribution in [0.3, 0.4) is 0 Å². The molecule has 1 unspecified atom stereocenters. The molecule has 0 aliphatic carbocycles. The molecule has 0 radical (unpaired) electrons. The molecule has 0 saturated heterocycles. The maximum absolute atomic E-state index is 11.5. The lowest BCUT2D eigenvalue weighted by Gasteiger charge is -2.14. The summed E-state index contributed by atoms with van der Waals surface area (Å²) in [4.78, 5) is 22.4. The first-order valence-electron chi connectivity index (χ1n) is 5.98. The molecule has 3 N–H and O–H groups in total. The summed E-state index contributed by atoms with van der Waals surface area (Å²) in [5.74, 6) is -1.08. The highest BCUT2D eigenvalue weighted by Crippen LogP contribution is 2.01. The highest BCUT2D eigenvalue weighted by molar-refractivity contribution is 5.79. The summed E-state index contributed by atoms with van der Waals surface area (Å²) < 4.78 is 4.95. The molecule has 0 aliphatic heterocycles. The Hall–Kier alpha value is -2.08. The number of carbonyl (C=O) groups excluding carboxylic acids is 1. The number of rotatable bonds is 7. The van der Waals surface area contributed by atoms with Gasteiger partial charge in [0.2, 0.25) is 0 Å². The van der Waals surface area contributed by atoms with Gasteiger partial charge in [0.1, 0.15) is 12.6 Å². The van der Waals surface area contributed by atoms with Gasteiger partial charge in [-0.1, -0.05) is 30.3 Å². The highest BCUT2D eigenvalue weighted by atomic mass is 16.5. The molecule has 0 aliphatic rings. The largest absolute Gasteiger partial charge is 0.480 e. The second-order valence-corrected chi connectivity index (χ2v) is 3.99. The van der Waals surface area contributed by atoms with E-state index in [0.29, 0.717) is 13.0 Å². The van der Waals surface area contributed by atoms with Gasteiger partial charge in [-0.05, 0) is 25.6 Å². The molecular weight excluding hydrogens is 248 g/mol. The van der Waals surface area contributed by atoms with E-state index in [-0.39, 0.29) is 6.61 Å². The normalized spacial score (nSPS) is 11.6. The maximum Gasteiger partial charge on any atom is 0.408 e. The van der Waals surface area contributed by atoms with Gasteiger partial charge in [-0.25, -0.2) is 9.59 Å². The molecule has 0 heterocycles. The van der Waals surface area contributed by atoms with Gasteiger partial charge in [-0.3, -0.25) is 0 Å². The average Bonchev–Trinajstić information content (AvgIpc) is 2.42. The SMILES string of the molecule is CNCCC(NC(=O)OCc1ccccc1)C(=O)O. The van der Waals surface area contributed by atoms with Crippen LogP contribution in [0.15, 0.2) is 30.3 Å². The van der Waals surface area contributed by atoms with Crippen LogP contribution in [0.1, 0.15) is 12.0 Å². The molecule has 0 aromatic heterocycles. The number of carboxylic acid groups (broad SMARTS) is 1. The van der Waals surface area contributed by atoms with Crippen molar-refractivity contribution in [2.75, 3.05) is 13.6 Å². The number of alkyl carbamates (subject to hydrolysis) is 1. The molecule has 6 nitrogen and oxygen atoms in total. The van der Waals surface area contributed by atoms with E-state index in [4.69, 9.17) is 9.84 Å². The molecule has 0 bridgehead atoms. The molecule has 19 heavy (non-hydrogen) atoms. The number of carboxylic acids is 1.